The average Bonchev–Trinajstić information content (AvgIpc) is 3.23. The molecule has 6 rings (SSSR count). The van der Waals surface area contributed by atoms with Crippen LogP contribution in [0.15, 0.2) is 103 Å². The van der Waals surface area contributed by atoms with Crippen LogP contribution in [0.2, 0.25) is 0 Å². The van der Waals surface area contributed by atoms with Gasteiger partial charge in [0.15, 0.2) is 0 Å². The number of hydrogen-bond donors (Lipinski definition) is 2. The first-order valence-corrected chi connectivity index (χ1v) is 12.7. The van der Waals surface area contributed by atoms with E-state index in [0.717, 1.165) is 24.2 Å². The summed E-state index contributed by atoms with van der Waals surface area (Å²) in [7, 11) is 0. The SMILES string of the molecule is O=C1C(=O)N(c2ccc(Oc3ccccc3)cc2)C(c2ccc(O)cc2)/C1=C(/O)c1ccc2c(c1)CCCO2. The third kappa shape index (κ3) is 4.59. The number of anilines is 1. The summed E-state index contributed by atoms with van der Waals surface area (Å²) in [6, 6.07) is 26.8. The zero-order chi connectivity index (χ0) is 26.9. The maximum absolute atomic E-state index is 13.4. The molecule has 0 saturated carbocycles. The van der Waals surface area contributed by atoms with Gasteiger partial charge in [-0.15, -0.1) is 0 Å². The summed E-state index contributed by atoms with van der Waals surface area (Å²) < 4.78 is 11.6. The van der Waals surface area contributed by atoms with E-state index in [1.54, 1.807) is 54.6 Å². The standard InChI is InChI=1S/C32H25NO6/c34-24-13-8-20(9-14-24)29-28(30(35)22-10-17-27-21(19-22)5-4-18-38-27)31(36)32(37)33(29)23-11-15-26(16-12-23)39-25-6-2-1-3-7-25/h1-3,6-17,19,29,34-35H,4-5,18H2/b30-28-. The molecule has 0 spiro atoms. The Hall–Kier alpha value is -5.04. The molecule has 0 bridgehead atoms. The molecule has 1 atom stereocenters. The summed E-state index contributed by atoms with van der Waals surface area (Å²) in [6.07, 6.45) is 1.66. The van der Waals surface area contributed by atoms with Crippen molar-refractivity contribution < 1.29 is 29.3 Å². The van der Waals surface area contributed by atoms with Crippen LogP contribution in [0.25, 0.3) is 5.76 Å². The summed E-state index contributed by atoms with van der Waals surface area (Å²) >= 11 is 0. The molecule has 7 nitrogen and oxygen atoms in total. The fraction of sp³-hybridized carbons (Fsp3) is 0.125. The monoisotopic (exact) mass is 519 g/mol. The van der Waals surface area contributed by atoms with E-state index in [4.69, 9.17) is 9.47 Å². The second kappa shape index (κ2) is 10.0. The van der Waals surface area contributed by atoms with Crippen molar-refractivity contribution >= 4 is 23.1 Å². The zero-order valence-electron chi connectivity index (χ0n) is 20.9. The highest BCUT2D eigenvalue weighted by molar-refractivity contribution is 6.51. The molecule has 2 aliphatic rings. The number of hydrogen-bond acceptors (Lipinski definition) is 6. The Balaban J connectivity index is 1.42. The first-order chi connectivity index (χ1) is 19.0. The Morgan fingerprint density at radius 1 is 0.872 bits per heavy atom. The summed E-state index contributed by atoms with van der Waals surface area (Å²) in [6.45, 7) is 0.638. The fourth-order valence-corrected chi connectivity index (χ4v) is 5.03. The predicted molar refractivity (Wildman–Crippen MR) is 146 cm³/mol. The average molecular weight is 520 g/mol. The van der Waals surface area contributed by atoms with E-state index >= 15 is 0 Å². The number of benzene rings is 4. The number of aryl methyl sites for hydroxylation is 1. The number of fused-ring (bicyclic) bond motifs is 1. The van der Waals surface area contributed by atoms with Gasteiger partial charge in [-0.05, 0) is 90.7 Å². The van der Waals surface area contributed by atoms with Gasteiger partial charge in [0.25, 0.3) is 11.7 Å². The number of amides is 1. The van der Waals surface area contributed by atoms with Crippen LogP contribution in [0.5, 0.6) is 23.0 Å². The number of rotatable bonds is 5. The van der Waals surface area contributed by atoms with Gasteiger partial charge < -0.3 is 19.7 Å². The second-order valence-electron chi connectivity index (χ2n) is 9.44. The van der Waals surface area contributed by atoms with Gasteiger partial charge in [-0.3, -0.25) is 14.5 Å². The number of aliphatic hydroxyl groups excluding tert-OH is 1. The van der Waals surface area contributed by atoms with Crippen molar-refractivity contribution in [1.29, 1.82) is 0 Å². The van der Waals surface area contributed by atoms with E-state index in [0.29, 0.717) is 34.9 Å². The molecule has 1 saturated heterocycles. The van der Waals surface area contributed by atoms with Crippen LogP contribution < -0.4 is 14.4 Å². The fourth-order valence-electron chi connectivity index (χ4n) is 5.03. The summed E-state index contributed by atoms with van der Waals surface area (Å²) in [5, 5.41) is 21.3. The third-order valence-electron chi connectivity index (χ3n) is 6.93. The van der Waals surface area contributed by atoms with Crippen molar-refractivity contribution in [2.24, 2.45) is 0 Å². The number of aliphatic hydroxyl groups is 1. The van der Waals surface area contributed by atoms with Crippen molar-refractivity contribution in [3.8, 4) is 23.0 Å². The molecule has 0 radical (unpaired) electrons. The molecule has 1 fully saturated rings. The maximum Gasteiger partial charge on any atom is 0.300 e. The van der Waals surface area contributed by atoms with Crippen LogP contribution in [-0.2, 0) is 16.0 Å². The molecule has 7 heteroatoms. The summed E-state index contributed by atoms with van der Waals surface area (Å²) in [4.78, 5) is 28.3. The van der Waals surface area contributed by atoms with Crippen LogP contribution >= 0.6 is 0 Å². The minimum atomic E-state index is -0.904. The number of ketones is 1. The van der Waals surface area contributed by atoms with Crippen LogP contribution in [0, 0.1) is 0 Å². The lowest BCUT2D eigenvalue weighted by Gasteiger charge is -2.26. The topological polar surface area (TPSA) is 96.3 Å². The molecule has 2 aliphatic heterocycles. The molecular formula is C32H25NO6. The highest BCUT2D eigenvalue weighted by Gasteiger charge is 2.47. The van der Waals surface area contributed by atoms with E-state index in [-0.39, 0.29) is 17.1 Å². The lowest BCUT2D eigenvalue weighted by Crippen LogP contribution is -2.29. The van der Waals surface area contributed by atoms with E-state index in [1.165, 1.54) is 17.0 Å². The molecular weight excluding hydrogens is 494 g/mol. The normalized spacial score (nSPS) is 17.9. The molecule has 1 unspecified atom stereocenters. The lowest BCUT2D eigenvalue weighted by molar-refractivity contribution is -0.132. The second-order valence-corrected chi connectivity index (χ2v) is 9.44. The van der Waals surface area contributed by atoms with Crippen molar-refractivity contribution in [3.05, 3.63) is 119 Å². The lowest BCUT2D eigenvalue weighted by atomic mass is 9.94. The van der Waals surface area contributed by atoms with E-state index in [9.17, 15) is 19.8 Å². The number of aromatic hydroxyl groups is 1. The van der Waals surface area contributed by atoms with Gasteiger partial charge >= 0.3 is 0 Å². The molecule has 194 valence electrons. The Morgan fingerprint density at radius 3 is 2.33 bits per heavy atom. The number of phenolic OH excluding ortho intramolecular Hbond substituents is 1. The van der Waals surface area contributed by atoms with Crippen molar-refractivity contribution in [2.45, 2.75) is 18.9 Å². The number of Topliss-reactive ketones (excluding diaryl/α,β-unsaturated/α-hetero) is 1. The van der Waals surface area contributed by atoms with E-state index in [1.807, 2.05) is 30.3 Å². The maximum atomic E-state index is 13.4. The number of para-hydroxylation sites is 1. The molecule has 4 aromatic rings. The molecule has 2 N–H and O–H groups in total. The van der Waals surface area contributed by atoms with Crippen LogP contribution in [-0.4, -0.2) is 28.5 Å². The van der Waals surface area contributed by atoms with Gasteiger partial charge in [0.05, 0.1) is 18.2 Å². The first kappa shape index (κ1) is 24.3. The highest BCUT2D eigenvalue weighted by atomic mass is 16.5. The largest absolute Gasteiger partial charge is 0.508 e. The Labute approximate surface area is 225 Å². The number of ether oxygens (including phenoxy) is 2. The first-order valence-electron chi connectivity index (χ1n) is 12.7. The van der Waals surface area contributed by atoms with Gasteiger partial charge in [0.1, 0.15) is 28.8 Å². The van der Waals surface area contributed by atoms with Crippen molar-refractivity contribution in [1.82, 2.24) is 0 Å². The zero-order valence-corrected chi connectivity index (χ0v) is 20.9. The quantitative estimate of drug-likeness (QED) is 0.187. The smallest absolute Gasteiger partial charge is 0.300 e. The molecule has 0 aromatic heterocycles. The Morgan fingerprint density at radius 2 is 1.59 bits per heavy atom. The van der Waals surface area contributed by atoms with E-state index in [2.05, 4.69) is 0 Å². The van der Waals surface area contributed by atoms with Crippen molar-refractivity contribution in [3.63, 3.8) is 0 Å². The van der Waals surface area contributed by atoms with Gasteiger partial charge in [0.2, 0.25) is 0 Å². The van der Waals surface area contributed by atoms with Gasteiger partial charge in [-0.25, -0.2) is 0 Å². The summed E-state index contributed by atoms with van der Waals surface area (Å²) in [5.41, 5.74) is 2.39. The van der Waals surface area contributed by atoms with Crippen molar-refractivity contribution in [2.75, 3.05) is 11.5 Å². The molecule has 4 aromatic carbocycles. The number of carbonyl (C=O) groups is 2. The highest BCUT2D eigenvalue weighted by Crippen LogP contribution is 2.43. The van der Waals surface area contributed by atoms with Crippen LogP contribution in [0.4, 0.5) is 5.69 Å². The number of carbonyl (C=O) groups excluding carboxylic acids is 2. The van der Waals surface area contributed by atoms with Crippen LogP contribution in [0.1, 0.15) is 29.2 Å². The minimum Gasteiger partial charge on any atom is -0.508 e. The van der Waals surface area contributed by atoms with Crippen LogP contribution in [0.3, 0.4) is 0 Å². The number of phenols is 1. The summed E-state index contributed by atoms with van der Waals surface area (Å²) in [5.74, 6) is 0.242. The van der Waals surface area contributed by atoms with Gasteiger partial charge in [0, 0.05) is 11.3 Å². The predicted octanol–water partition coefficient (Wildman–Crippen LogP) is 6.14. The van der Waals surface area contributed by atoms with Gasteiger partial charge in [-0.2, -0.15) is 0 Å². The molecule has 1 amide bonds. The van der Waals surface area contributed by atoms with Gasteiger partial charge in [-0.1, -0.05) is 30.3 Å². The minimum absolute atomic E-state index is 0.0213. The molecule has 2 heterocycles. The molecule has 39 heavy (non-hydrogen) atoms. The Kier molecular flexibility index (Phi) is 6.25. The third-order valence-corrected chi connectivity index (χ3v) is 6.93. The Bertz CT molecular complexity index is 1580. The van der Waals surface area contributed by atoms with E-state index < -0.39 is 17.7 Å². The molecule has 0 aliphatic carbocycles. The number of nitrogens with zero attached hydrogens (tertiary/aromatic N) is 1.